The summed E-state index contributed by atoms with van der Waals surface area (Å²) in [5.74, 6) is 1.80. The van der Waals surface area contributed by atoms with Crippen LogP contribution >= 0.6 is 11.6 Å². The van der Waals surface area contributed by atoms with Crippen LogP contribution < -0.4 is 10.5 Å². The molecule has 1 fully saturated rings. The number of halogens is 1. The largest absolute Gasteiger partial charge is 0.490 e. The molecule has 18 heavy (non-hydrogen) atoms. The third-order valence-electron chi connectivity index (χ3n) is 3.91. The average Bonchev–Trinajstić information content (AvgIpc) is 2.41. The first-order valence-corrected chi connectivity index (χ1v) is 7.25. The lowest BCUT2D eigenvalue weighted by Gasteiger charge is -2.29. The number of nitrogens with two attached hydrogens (primary N) is 1. The van der Waals surface area contributed by atoms with Crippen LogP contribution in [-0.2, 0) is 6.54 Å². The van der Waals surface area contributed by atoms with Crippen LogP contribution in [0.5, 0.6) is 5.75 Å². The van der Waals surface area contributed by atoms with Crippen LogP contribution in [0.15, 0.2) is 18.2 Å². The summed E-state index contributed by atoms with van der Waals surface area (Å²) in [4.78, 5) is 0. The minimum absolute atomic E-state index is 0.347. The molecule has 0 aromatic heterocycles. The zero-order valence-corrected chi connectivity index (χ0v) is 11.7. The van der Waals surface area contributed by atoms with Crippen LogP contribution in [0, 0.1) is 5.92 Å². The first kappa shape index (κ1) is 13.7. The van der Waals surface area contributed by atoms with Crippen LogP contribution in [0.1, 0.15) is 44.6 Å². The van der Waals surface area contributed by atoms with E-state index in [-0.39, 0.29) is 0 Å². The zero-order chi connectivity index (χ0) is 13.0. The summed E-state index contributed by atoms with van der Waals surface area (Å²) in [7, 11) is 0. The molecule has 2 nitrogen and oxygen atoms in total. The van der Waals surface area contributed by atoms with Gasteiger partial charge in [-0.1, -0.05) is 24.9 Å². The number of hydrogen-bond acceptors (Lipinski definition) is 2. The summed E-state index contributed by atoms with van der Waals surface area (Å²) in [6.07, 6.45) is 6.52. The molecule has 1 aliphatic rings. The molecule has 0 atom stereocenters. The third-order valence-corrected chi connectivity index (χ3v) is 4.14. The Labute approximate surface area is 114 Å². The van der Waals surface area contributed by atoms with Gasteiger partial charge in [-0.2, -0.15) is 0 Å². The molecular formula is C15H22ClNO. The van der Waals surface area contributed by atoms with Crippen LogP contribution in [0.25, 0.3) is 0 Å². The fraction of sp³-hybridized carbons (Fsp3) is 0.600. The number of rotatable bonds is 4. The van der Waals surface area contributed by atoms with Crippen molar-refractivity contribution in [1.82, 2.24) is 0 Å². The Balaban J connectivity index is 1.97. The lowest BCUT2D eigenvalue weighted by Crippen LogP contribution is -2.24. The molecule has 1 aliphatic carbocycles. The lowest BCUT2D eigenvalue weighted by molar-refractivity contribution is 0.129. The third kappa shape index (κ3) is 3.39. The van der Waals surface area contributed by atoms with Crippen molar-refractivity contribution in [2.45, 2.75) is 51.7 Å². The topological polar surface area (TPSA) is 35.2 Å². The molecule has 0 unspecified atom stereocenters. The van der Waals surface area contributed by atoms with Crippen LogP contribution in [-0.4, -0.2) is 6.10 Å². The van der Waals surface area contributed by atoms with E-state index in [1.54, 1.807) is 0 Å². The van der Waals surface area contributed by atoms with Crippen LogP contribution in [0.2, 0.25) is 5.02 Å². The predicted octanol–water partition coefficient (Wildman–Crippen LogP) is 4.15. The SMILES string of the molecule is CCC1CCC(Oc2ccc(Cl)cc2CN)CC1. The molecule has 2 N–H and O–H groups in total. The van der Waals surface area contributed by atoms with Crippen LogP contribution in [0.4, 0.5) is 0 Å². The summed E-state index contributed by atoms with van der Waals surface area (Å²) >= 11 is 5.97. The average molecular weight is 268 g/mol. The van der Waals surface area contributed by atoms with Gasteiger partial charge in [-0.3, -0.25) is 0 Å². The maximum atomic E-state index is 6.09. The zero-order valence-electron chi connectivity index (χ0n) is 11.0. The smallest absolute Gasteiger partial charge is 0.124 e. The molecule has 1 saturated carbocycles. The highest BCUT2D eigenvalue weighted by Gasteiger charge is 2.21. The molecule has 0 spiro atoms. The molecule has 0 aliphatic heterocycles. The predicted molar refractivity (Wildman–Crippen MR) is 76.0 cm³/mol. The van der Waals surface area contributed by atoms with Crippen molar-refractivity contribution in [3.63, 3.8) is 0 Å². The van der Waals surface area contributed by atoms with Gasteiger partial charge < -0.3 is 10.5 Å². The first-order chi connectivity index (χ1) is 8.72. The van der Waals surface area contributed by atoms with Gasteiger partial charge in [0.1, 0.15) is 5.75 Å². The molecule has 0 amide bonds. The van der Waals surface area contributed by atoms with Crippen molar-refractivity contribution < 1.29 is 4.74 Å². The number of benzene rings is 1. The molecule has 1 aromatic rings. The van der Waals surface area contributed by atoms with Crippen molar-refractivity contribution in [1.29, 1.82) is 0 Å². The van der Waals surface area contributed by atoms with Gasteiger partial charge in [0, 0.05) is 17.1 Å². The van der Waals surface area contributed by atoms with E-state index in [2.05, 4.69) is 6.92 Å². The monoisotopic (exact) mass is 267 g/mol. The maximum Gasteiger partial charge on any atom is 0.124 e. The second kappa shape index (κ2) is 6.44. The summed E-state index contributed by atoms with van der Waals surface area (Å²) in [6, 6.07) is 5.71. The minimum atomic E-state index is 0.347. The second-order valence-corrected chi connectivity index (χ2v) is 5.56. The first-order valence-electron chi connectivity index (χ1n) is 6.88. The molecule has 0 saturated heterocycles. The van der Waals surface area contributed by atoms with E-state index in [0.717, 1.165) is 35.1 Å². The van der Waals surface area contributed by atoms with E-state index in [1.165, 1.54) is 19.3 Å². The highest BCUT2D eigenvalue weighted by atomic mass is 35.5. The van der Waals surface area contributed by atoms with Gasteiger partial charge in [0.05, 0.1) is 6.10 Å². The molecule has 3 heteroatoms. The highest BCUT2D eigenvalue weighted by molar-refractivity contribution is 6.30. The minimum Gasteiger partial charge on any atom is -0.490 e. The molecule has 0 radical (unpaired) electrons. The fourth-order valence-corrected chi connectivity index (χ4v) is 2.85. The van der Waals surface area contributed by atoms with Crippen molar-refractivity contribution in [3.05, 3.63) is 28.8 Å². The summed E-state index contributed by atoms with van der Waals surface area (Å²) in [5.41, 5.74) is 6.73. The van der Waals surface area contributed by atoms with Gasteiger partial charge >= 0.3 is 0 Å². The molecule has 1 aromatic carbocycles. The normalized spacial score (nSPS) is 23.9. The van der Waals surface area contributed by atoms with Crippen molar-refractivity contribution in [2.75, 3.05) is 0 Å². The van der Waals surface area contributed by atoms with Gasteiger partial charge in [0.15, 0.2) is 0 Å². The van der Waals surface area contributed by atoms with Crippen molar-refractivity contribution >= 4 is 11.6 Å². The quantitative estimate of drug-likeness (QED) is 0.890. The lowest BCUT2D eigenvalue weighted by atomic mass is 9.86. The Hall–Kier alpha value is -0.730. The highest BCUT2D eigenvalue weighted by Crippen LogP contribution is 2.31. The second-order valence-electron chi connectivity index (χ2n) is 5.13. The van der Waals surface area contributed by atoms with Crippen molar-refractivity contribution in [3.8, 4) is 5.75 Å². The van der Waals surface area contributed by atoms with Gasteiger partial charge in [-0.25, -0.2) is 0 Å². The van der Waals surface area contributed by atoms with Gasteiger partial charge in [-0.15, -0.1) is 0 Å². The van der Waals surface area contributed by atoms with Gasteiger partial charge in [0.25, 0.3) is 0 Å². The molecule has 100 valence electrons. The summed E-state index contributed by atoms with van der Waals surface area (Å²) in [5, 5.41) is 0.720. The van der Waals surface area contributed by atoms with Crippen molar-refractivity contribution in [2.24, 2.45) is 11.7 Å². The summed E-state index contributed by atoms with van der Waals surface area (Å²) < 4.78 is 6.09. The Morgan fingerprint density at radius 1 is 1.28 bits per heavy atom. The summed E-state index contributed by atoms with van der Waals surface area (Å²) in [6.45, 7) is 2.75. The standard InChI is InChI=1S/C15H22ClNO/c1-2-11-3-6-14(7-4-11)18-15-8-5-13(16)9-12(15)10-17/h5,8-9,11,14H,2-4,6-7,10,17H2,1H3. The number of hydrogen-bond donors (Lipinski definition) is 1. The Morgan fingerprint density at radius 3 is 2.61 bits per heavy atom. The molecular weight excluding hydrogens is 246 g/mol. The van der Waals surface area contributed by atoms with E-state index >= 15 is 0 Å². The fourth-order valence-electron chi connectivity index (χ4n) is 2.66. The maximum absolute atomic E-state index is 6.09. The van der Waals surface area contributed by atoms with Crippen LogP contribution in [0.3, 0.4) is 0 Å². The van der Waals surface area contributed by atoms with E-state index in [9.17, 15) is 0 Å². The van der Waals surface area contributed by atoms with Gasteiger partial charge in [0.2, 0.25) is 0 Å². The number of ether oxygens (including phenoxy) is 1. The van der Waals surface area contributed by atoms with E-state index < -0.39 is 0 Å². The molecule has 2 rings (SSSR count). The molecule has 0 bridgehead atoms. The Morgan fingerprint density at radius 2 is 2.00 bits per heavy atom. The Kier molecular flexibility index (Phi) is 4.90. The van der Waals surface area contributed by atoms with E-state index in [1.807, 2.05) is 18.2 Å². The Bertz CT molecular complexity index is 386. The molecule has 0 heterocycles. The van der Waals surface area contributed by atoms with Gasteiger partial charge in [-0.05, 0) is 49.8 Å². The van der Waals surface area contributed by atoms with E-state index in [4.69, 9.17) is 22.1 Å². The van der Waals surface area contributed by atoms with E-state index in [0.29, 0.717) is 12.6 Å².